The maximum absolute atomic E-state index is 14.1. The van der Waals surface area contributed by atoms with E-state index in [1.165, 1.54) is 23.2 Å². The molecule has 1 aromatic heterocycles. The van der Waals surface area contributed by atoms with Crippen LogP contribution < -0.4 is 9.80 Å². The van der Waals surface area contributed by atoms with Gasteiger partial charge in [-0.15, -0.1) is 11.3 Å². The highest BCUT2D eigenvalue weighted by Gasteiger charge is 2.38. The van der Waals surface area contributed by atoms with Crippen LogP contribution >= 0.6 is 11.3 Å². The zero-order valence-corrected chi connectivity index (χ0v) is 23.2. The maximum atomic E-state index is 14.1. The maximum Gasteiger partial charge on any atom is 0.326 e. The summed E-state index contributed by atoms with van der Waals surface area (Å²) >= 11 is 1.34. The van der Waals surface area contributed by atoms with Crippen LogP contribution in [0.5, 0.6) is 0 Å². The lowest BCUT2D eigenvalue weighted by Gasteiger charge is -2.38. The Morgan fingerprint density at radius 1 is 0.725 bits per heavy atom. The SMILES string of the molecule is C[C@@H](C(=O)O)N(C(=O)[C@H](C)N(c1cccs1)C(CCc1ccccc1)C(=O)O)c1ccc(-c2ccccc2)cc1. The Balaban J connectivity index is 1.67. The molecular formula is C32H32N2O5S. The number of carboxylic acid groups (broad SMARTS) is 2. The van der Waals surface area contributed by atoms with Gasteiger partial charge in [-0.05, 0) is 73.0 Å². The number of carbonyl (C=O) groups is 3. The van der Waals surface area contributed by atoms with Gasteiger partial charge in [0, 0.05) is 5.69 Å². The van der Waals surface area contributed by atoms with Gasteiger partial charge in [-0.25, -0.2) is 9.59 Å². The van der Waals surface area contributed by atoms with Crippen molar-refractivity contribution in [2.75, 3.05) is 9.80 Å². The van der Waals surface area contributed by atoms with Crippen LogP contribution in [0.1, 0.15) is 25.8 Å². The second-order valence-electron chi connectivity index (χ2n) is 9.55. The minimum absolute atomic E-state index is 0.273. The van der Waals surface area contributed by atoms with Crippen molar-refractivity contribution in [2.24, 2.45) is 0 Å². The molecule has 0 aliphatic rings. The van der Waals surface area contributed by atoms with E-state index in [-0.39, 0.29) is 6.42 Å². The zero-order valence-electron chi connectivity index (χ0n) is 22.4. The first-order valence-corrected chi connectivity index (χ1v) is 14.0. The van der Waals surface area contributed by atoms with Gasteiger partial charge < -0.3 is 15.1 Å². The standard InChI is InChI=1S/C32H32N2O5S/c1-22(34(29-14-9-21-40-29)28(32(38)39)20-15-24-10-5-3-6-11-24)30(35)33(23(2)31(36)37)27-18-16-26(17-19-27)25-12-7-4-8-13-25/h3-14,16-19,21-23,28H,15,20H2,1-2H3,(H,36,37)(H,38,39)/t22-,23-,28?/m0/s1. The van der Waals surface area contributed by atoms with Crippen LogP contribution in [0.4, 0.5) is 10.7 Å². The Bertz CT molecular complexity index is 1410. The second kappa shape index (κ2) is 13.1. The van der Waals surface area contributed by atoms with Crippen LogP contribution in [0.2, 0.25) is 0 Å². The van der Waals surface area contributed by atoms with Crippen LogP contribution in [-0.2, 0) is 20.8 Å². The fraction of sp³-hybridized carbons (Fsp3) is 0.219. The molecular weight excluding hydrogens is 524 g/mol. The zero-order chi connectivity index (χ0) is 28.6. The molecule has 0 fully saturated rings. The molecule has 3 aromatic carbocycles. The van der Waals surface area contributed by atoms with Crippen molar-refractivity contribution in [3.63, 3.8) is 0 Å². The molecule has 7 nitrogen and oxygen atoms in total. The van der Waals surface area contributed by atoms with Crippen molar-refractivity contribution in [3.8, 4) is 11.1 Å². The van der Waals surface area contributed by atoms with Gasteiger partial charge in [0.15, 0.2) is 0 Å². The van der Waals surface area contributed by atoms with E-state index in [1.807, 2.05) is 78.2 Å². The van der Waals surface area contributed by atoms with Crippen LogP contribution in [0, 0.1) is 0 Å². The average molecular weight is 557 g/mol. The third-order valence-electron chi connectivity index (χ3n) is 6.94. The Hall–Kier alpha value is -4.43. The molecule has 0 saturated heterocycles. The number of hydrogen-bond acceptors (Lipinski definition) is 5. The molecule has 3 atom stereocenters. The molecule has 2 N–H and O–H groups in total. The number of aliphatic carboxylic acids is 2. The van der Waals surface area contributed by atoms with Gasteiger partial charge in [-0.2, -0.15) is 0 Å². The van der Waals surface area contributed by atoms with Gasteiger partial charge >= 0.3 is 11.9 Å². The minimum atomic E-state index is -1.17. The summed E-state index contributed by atoms with van der Waals surface area (Å²) in [5, 5.41) is 22.7. The van der Waals surface area contributed by atoms with Crippen molar-refractivity contribution in [1.29, 1.82) is 0 Å². The summed E-state index contributed by atoms with van der Waals surface area (Å²) in [7, 11) is 0. The second-order valence-corrected chi connectivity index (χ2v) is 10.5. The van der Waals surface area contributed by atoms with Crippen LogP contribution in [0.15, 0.2) is 102 Å². The molecule has 1 amide bonds. The number of hydrogen-bond donors (Lipinski definition) is 2. The third-order valence-corrected chi connectivity index (χ3v) is 7.82. The molecule has 0 radical (unpaired) electrons. The van der Waals surface area contributed by atoms with Gasteiger partial charge in [-0.3, -0.25) is 9.69 Å². The molecule has 0 bridgehead atoms. The molecule has 0 saturated carbocycles. The summed E-state index contributed by atoms with van der Waals surface area (Å²) in [6.07, 6.45) is 0.784. The predicted molar refractivity (Wildman–Crippen MR) is 159 cm³/mol. The van der Waals surface area contributed by atoms with Crippen molar-refractivity contribution < 1.29 is 24.6 Å². The van der Waals surface area contributed by atoms with Crippen molar-refractivity contribution in [2.45, 2.75) is 44.8 Å². The lowest BCUT2D eigenvalue weighted by molar-refractivity contribution is -0.141. The molecule has 1 heterocycles. The lowest BCUT2D eigenvalue weighted by Crippen LogP contribution is -2.56. The number of rotatable bonds is 12. The average Bonchev–Trinajstić information content (AvgIpc) is 3.50. The molecule has 0 spiro atoms. The Kier molecular flexibility index (Phi) is 9.35. The Labute approximate surface area is 237 Å². The minimum Gasteiger partial charge on any atom is -0.480 e. The van der Waals surface area contributed by atoms with E-state index in [0.717, 1.165) is 16.7 Å². The van der Waals surface area contributed by atoms with Crippen LogP contribution in [0.25, 0.3) is 11.1 Å². The highest BCUT2D eigenvalue weighted by molar-refractivity contribution is 7.14. The van der Waals surface area contributed by atoms with Crippen LogP contribution in [0.3, 0.4) is 0 Å². The first kappa shape index (κ1) is 28.6. The lowest BCUT2D eigenvalue weighted by atomic mass is 10.0. The molecule has 0 aliphatic carbocycles. The molecule has 8 heteroatoms. The van der Waals surface area contributed by atoms with Crippen molar-refractivity contribution in [1.82, 2.24) is 0 Å². The normalized spacial score (nSPS) is 13.2. The number of amides is 1. The van der Waals surface area contributed by atoms with Gasteiger partial charge in [0.1, 0.15) is 18.1 Å². The first-order valence-electron chi connectivity index (χ1n) is 13.1. The predicted octanol–water partition coefficient (Wildman–Crippen LogP) is 6.20. The van der Waals surface area contributed by atoms with Gasteiger partial charge in [0.25, 0.3) is 0 Å². The van der Waals surface area contributed by atoms with E-state index in [0.29, 0.717) is 17.1 Å². The number of aryl methyl sites for hydroxylation is 1. The Morgan fingerprint density at radius 3 is 1.88 bits per heavy atom. The van der Waals surface area contributed by atoms with Crippen molar-refractivity contribution >= 4 is 39.9 Å². The smallest absolute Gasteiger partial charge is 0.326 e. The molecule has 4 rings (SSSR count). The summed E-state index contributed by atoms with van der Waals surface area (Å²) in [5.41, 5.74) is 3.35. The monoisotopic (exact) mass is 556 g/mol. The largest absolute Gasteiger partial charge is 0.480 e. The summed E-state index contributed by atoms with van der Waals surface area (Å²) in [6, 6.07) is 27.0. The van der Waals surface area contributed by atoms with Crippen LogP contribution in [-0.4, -0.2) is 46.2 Å². The number of anilines is 2. The highest BCUT2D eigenvalue weighted by atomic mass is 32.1. The van der Waals surface area contributed by atoms with Crippen molar-refractivity contribution in [3.05, 3.63) is 108 Å². The number of nitrogens with zero attached hydrogens (tertiary/aromatic N) is 2. The third kappa shape index (κ3) is 6.58. The molecule has 206 valence electrons. The molecule has 40 heavy (non-hydrogen) atoms. The number of thiophene rings is 1. The van der Waals surface area contributed by atoms with E-state index in [4.69, 9.17) is 0 Å². The van der Waals surface area contributed by atoms with Gasteiger partial charge in [0.05, 0.1) is 5.00 Å². The van der Waals surface area contributed by atoms with E-state index < -0.39 is 36.0 Å². The highest BCUT2D eigenvalue weighted by Crippen LogP contribution is 2.31. The van der Waals surface area contributed by atoms with E-state index in [9.17, 15) is 24.6 Å². The Morgan fingerprint density at radius 2 is 1.32 bits per heavy atom. The number of carboxylic acids is 2. The number of carbonyl (C=O) groups excluding carboxylic acids is 1. The quantitative estimate of drug-likeness (QED) is 0.216. The van der Waals surface area contributed by atoms with E-state index in [1.54, 1.807) is 36.1 Å². The molecule has 4 aromatic rings. The number of benzene rings is 3. The van der Waals surface area contributed by atoms with Gasteiger partial charge in [0.2, 0.25) is 5.91 Å². The molecule has 0 aliphatic heterocycles. The summed E-state index contributed by atoms with van der Waals surface area (Å²) in [6.45, 7) is 3.10. The topological polar surface area (TPSA) is 98.2 Å². The summed E-state index contributed by atoms with van der Waals surface area (Å²) in [5.74, 6) is -2.70. The van der Waals surface area contributed by atoms with E-state index >= 15 is 0 Å². The fourth-order valence-electron chi connectivity index (χ4n) is 4.78. The summed E-state index contributed by atoms with van der Waals surface area (Å²) < 4.78 is 0. The first-order chi connectivity index (χ1) is 19.3. The van der Waals surface area contributed by atoms with Gasteiger partial charge in [-0.1, -0.05) is 72.8 Å². The molecule has 1 unspecified atom stereocenters. The van der Waals surface area contributed by atoms with E-state index in [2.05, 4.69) is 0 Å². The fourth-order valence-corrected chi connectivity index (χ4v) is 5.64. The summed E-state index contributed by atoms with van der Waals surface area (Å²) in [4.78, 5) is 41.7.